The molecule has 0 aliphatic rings. The van der Waals surface area contributed by atoms with E-state index in [1.54, 1.807) is 6.20 Å². The molecule has 36 heavy (non-hydrogen) atoms. The van der Waals surface area contributed by atoms with Crippen molar-refractivity contribution in [2.45, 2.75) is 24.9 Å². The number of pyridine rings is 1. The number of anilines is 1. The van der Waals surface area contributed by atoms with Gasteiger partial charge in [0.2, 0.25) is 11.8 Å². The van der Waals surface area contributed by atoms with Gasteiger partial charge in [0.15, 0.2) is 0 Å². The van der Waals surface area contributed by atoms with E-state index in [0.717, 1.165) is 16.5 Å². The Hall–Kier alpha value is -3.37. The monoisotopic (exact) mass is 492 g/mol. The van der Waals surface area contributed by atoms with Crippen LogP contribution in [0.3, 0.4) is 0 Å². The Morgan fingerprint density at radius 3 is 2.33 bits per heavy atom. The van der Waals surface area contributed by atoms with Gasteiger partial charge >= 0.3 is 0 Å². The van der Waals surface area contributed by atoms with Gasteiger partial charge in [-0.15, -0.1) is 0 Å². The molecule has 0 aliphatic carbocycles. The molecule has 2 amide bonds. The maximum Gasteiger partial charge on any atom is 0.247 e. The SMILES string of the molecule is C[N+](CCN)(CCN)CC(N)C(=O)N[C@H](CCc1ccccc1)C(=O)Nc1cnc2ccccc2c1. The van der Waals surface area contributed by atoms with Gasteiger partial charge < -0.3 is 32.3 Å². The molecule has 192 valence electrons. The van der Waals surface area contributed by atoms with Crippen LogP contribution in [0.1, 0.15) is 12.0 Å². The number of para-hydroxylation sites is 1. The molecule has 1 unspecified atom stereocenters. The third kappa shape index (κ3) is 7.82. The number of quaternary nitrogens is 1. The highest BCUT2D eigenvalue weighted by molar-refractivity contribution is 5.98. The highest BCUT2D eigenvalue weighted by Gasteiger charge is 2.30. The van der Waals surface area contributed by atoms with Crippen molar-refractivity contribution in [1.29, 1.82) is 0 Å². The summed E-state index contributed by atoms with van der Waals surface area (Å²) in [6.45, 7) is 2.62. The average molecular weight is 493 g/mol. The molecule has 1 aromatic heterocycles. The minimum atomic E-state index is -0.803. The molecular weight excluding hydrogens is 454 g/mol. The molecule has 3 aromatic rings. The molecule has 3 rings (SSSR count). The van der Waals surface area contributed by atoms with E-state index in [0.29, 0.717) is 55.7 Å². The van der Waals surface area contributed by atoms with Gasteiger partial charge in [-0.3, -0.25) is 14.6 Å². The van der Waals surface area contributed by atoms with Crippen LogP contribution in [0, 0.1) is 0 Å². The summed E-state index contributed by atoms with van der Waals surface area (Å²) in [5, 5.41) is 6.71. The van der Waals surface area contributed by atoms with Gasteiger partial charge in [0.05, 0.1) is 37.5 Å². The zero-order valence-electron chi connectivity index (χ0n) is 20.9. The van der Waals surface area contributed by atoms with Crippen LogP contribution in [0.15, 0.2) is 66.9 Å². The van der Waals surface area contributed by atoms with Gasteiger partial charge in [0.25, 0.3) is 0 Å². The molecule has 1 heterocycles. The van der Waals surface area contributed by atoms with Crippen LogP contribution in [0.5, 0.6) is 0 Å². The van der Waals surface area contributed by atoms with E-state index in [2.05, 4.69) is 15.6 Å². The van der Waals surface area contributed by atoms with E-state index >= 15 is 0 Å². The molecule has 0 aliphatic heterocycles. The molecule has 0 saturated heterocycles. The second kappa shape index (κ2) is 13.1. The molecule has 0 spiro atoms. The van der Waals surface area contributed by atoms with Gasteiger partial charge in [-0.05, 0) is 30.5 Å². The van der Waals surface area contributed by atoms with Crippen LogP contribution < -0.4 is 27.8 Å². The fraction of sp³-hybridized carbons (Fsp3) is 0.370. The molecular formula is C27H38N7O2+. The van der Waals surface area contributed by atoms with Gasteiger partial charge in [-0.2, -0.15) is 0 Å². The Morgan fingerprint density at radius 2 is 1.64 bits per heavy atom. The summed E-state index contributed by atoms with van der Waals surface area (Å²) >= 11 is 0. The minimum Gasteiger partial charge on any atom is -0.343 e. The van der Waals surface area contributed by atoms with Crippen molar-refractivity contribution >= 4 is 28.4 Å². The van der Waals surface area contributed by atoms with Crippen molar-refractivity contribution in [1.82, 2.24) is 10.3 Å². The molecule has 0 bridgehead atoms. The molecule has 2 atom stereocenters. The number of benzene rings is 2. The maximum absolute atomic E-state index is 13.3. The first kappa shape index (κ1) is 27.2. The van der Waals surface area contributed by atoms with Gasteiger partial charge in [0, 0.05) is 18.5 Å². The summed E-state index contributed by atoms with van der Waals surface area (Å²) in [7, 11) is 1.99. The summed E-state index contributed by atoms with van der Waals surface area (Å²) < 4.78 is 0.491. The number of rotatable bonds is 13. The van der Waals surface area contributed by atoms with E-state index < -0.39 is 12.1 Å². The van der Waals surface area contributed by atoms with E-state index in [1.807, 2.05) is 67.7 Å². The molecule has 0 saturated carbocycles. The molecule has 9 nitrogen and oxygen atoms in total. The predicted molar refractivity (Wildman–Crippen MR) is 144 cm³/mol. The van der Waals surface area contributed by atoms with Crippen molar-refractivity contribution in [2.24, 2.45) is 17.2 Å². The fourth-order valence-electron chi connectivity index (χ4n) is 4.35. The van der Waals surface area contributed by atoms with Crippen molar-refractivity contribution in [3.8, 4) is 0 Å². The van der Waals surface area contributed by atoms with Crippen molar-refractivity contribution in [2.75, 3.05) is 45.1 Å². The summed E-state index contributed by atoms with van der Waals surface area (Å²) in [6, 6.07) is 17.8. The number of aryl methyl sites for hydroxylation is 1. The van der Waals surface area contributed by atoms with Crippen LogP contribution in [0.4, 0.5) is 5.69 Å². The quantitative estimate of drug-likeness (QED) is 0.225. The first-order valence-corrected chi connectivity index (χ1v) is 12.3. The molecule has 0 radical (unpaired) electrons. The Kier molecular flexibility index (Phi) is 9.89. The largest absolute Gasteiger partial charge is 0.343 e. The van der Waals surface area contributed by atoms with Crippen molar-refractivity contribution < 1.29 is 14.1 Å². The Balaban J connectivity index is 1.72. The lowest BCUT2D eigenvalue weighted by atomic mass is 10.0. The molecule has 0 fully saturated rings. The van der Waals surface area contributed by atoms with Crippen LogP contribution in [-0.4, -0.2) is 73.1 Å². The number of amides is 2. The first-order chi connectivity index (χ1) is 17.3. The number of fused-ring (bicyclic) bond motifs is 1. The Labute approximate surface area is 212 Å². The lowest BCUT2D eigenvalue weighted by Gasteiger charge is -2.35. The topological polar surface area (TPSA) is 149 Å². The number of hydrogen-bond acceptors (Lipinski definition) is 6. The number of nitrogens with two attached hydrogens (primary N) is 3. The number of aromatic nitrogens is 1. The van der Waals surface area contributed by atoms with Crippen LogP contribution in [0.2, 0.25) is 0 Å². The zero-order chi connectivity index (χ0) is 26.0. The zero-order valence-corrected chi connectivity index (χ0v) is 20.9. The van der Waals surface area contributed by atoms with Crippen molar-refractivity contribution in [3.05, 3.63) is 72.4 Å². The second-order valence-electron chi connectivity index (χ2n) is 9.42. The summed E-state index contributed by atoms with van der Waals surface area (Å²) in [5.74, 6) is -0.692. The number of nitrogens with zero attached hydrogens (tertiary/aromatic N) is 2. The summed E-state index contributed by atoms with van der Waals surface area (Å²) in [5.41, 5.74) is 20.3. The standard InChI is InChI=1S/C27H37N7O2/c1-34(15-13-28,16-14-29)19-23(30)26(35)33-25(12-11-20-7-3-2-4-8-20)27(36)32-22-17-21-9-5-6-10-24(21)31-18-22/h2-10,17-18,23,25H,11-16,19,28-30H2,1H3,(H-,32,33,35,36)/p+1/t23?,25-/m1/s1. The smallest absolute Gasteiger partial charge is 0.247 e. The highest BCUT2D eigenvalue weighted by atomic mass is 16.2. The molecule has 9 heteroatoms. The van der Waals surface area contributed by atoms with E-state index in [9.17, 15) is 9.59 Å². The summed E-state index contributed by atoms with van der Waals surface area (Å²) in [4.78, 5) is 30.8. The number of nitrogens with one attached hydrogen (secondary N) is 2. The van der Waals surface area contributed by atoms with E-state index in [-0.39, 0.29) is 11.8 Å². The minimum absolute atomic E-state index is 0.315. The predicted octanol–water partition coefficient (Wildman–Crippen LogP) is 0.982. The third-order valence-corrected chi connectivity index (χ3v) is 6.37. The van der Waals surface area contributed by atoms with Gasteiger partial charge in [-0.1, -0.05) is 48.5 Å². The maximum atomic E-state index is 13.3. The van der Waals surface area contributed by atoms with Crippen LogP contribution in [0.25, 0.3) is 10.9 Å². The van der Waals surface area contributed by atoms with E-state index in [4.69, 9.17) is 17.2 Å². The average Bonchev–Trinajstić information content (AvgIpc) is 2.87. The Morgan fingerprint density at radius 1 is 0.972 bits per heavy atom. The van der Waals surface area contributed by atoms with Crippen molar-refractivity contribution in [3.63, 3.8) is 0 Å². The third-order valence-electron chi connectivity index (χ3n) is 6.37. The number of carbonyl (C=O) groups excluding carboxylic acids is 2. The highest BCUT2D eigenvalue weighted by Crippen LogP contribution is 2.17. The lowest BCUT2D eigenvalue weighted by Crippen LogP contribution is -2.60. The number of carbonyl (C=O) groups is 2. The second-order valence-corrected chi connectivity index (χ2v) is 9.42. The molecule has 8 N–H and O–H groups in total. The van der Waals surface area contributed by atoms with Gasteiger partial charge in [-0.25, -0.2) is 0 Å². The number of hydrogen-bond donors (Lipinski definition) is 5. The van der Waals surface area contributed by atoms with Gasteiger partial charge in [0.1, 0.15) is 18.6 Å². The Bertz CT molecular complexity index is 1130. The van der Waals surface area contributed by atoms with E-state index in [1.165, 1.54) is 0 Å². The summed E-state index contributed by atoms with van der Waals surface area (Å²) in [6.07, 6.45) is 2.66. The normalized spacial score (nSPS) is 13.2. The van der Waals surface area contributed by atoms with Crippen LogP contribution >= 0.6 is 0 Å². The van der Waals surface area contributed by atoms with Crippen LogP contribution in [-0.2, 0) is 16.0 Å². The lowest BCUT2D eigenvalue weighted by molar-refractivity contribution is -0.906. The fourth-order valence-corrected chi connectivity index (χ4v) is 4.35. The first-order valence-electron chi connectivity index (χ1n) is 12.3. The molecule has 2 aromatic carbocycles. The number of likely N-dealkylation sites (N-methyl/N-ethyl adjacent to an activating group) is 1.